The van der Waals surface area contributed by atoms with Gasteiger partial charge in [-0.1, -0.05) is 12.1 Å². The van der Waals surface area contributed by atoms with Crippen molar-refractivity contribution in [2.45, 2.75) is 12.2 Å². The minimum atomic E-state index is -4.54. The summed E-state index contributed by atoms with van der Waals surface area (Å²) in [4.78, 5) is 7.95. The zero-order valence-corrected chi connectivity index (χ0v) is 14.1. The lowest BCUT2D eigenvalue weighted by atomic mass is 10.1. The van der Waals surface area contributed by atoms with E-state index in [4.69, 9.17) is 9.47 Å². The highest BCUT2D eigenvalue weighted by atomic mass is 19.4. The lowest BCUT2D eigenvalue weighted by Gasteiger charge is -2.24. The molecule has 5 nitrogen and oxygen atoms in total. The van der Waals surface area contributed by atoms with Gasteiger partial charge in [-0.05, 0) is 18.2 Å². The summed E-state index contributed by atoms with van der Waals surface area (Å²) in [5.74, 6) is 0.839. The van der Waals surface area contributed by atoms with E-state index in [2.05, 4.69) is 9.97 Å². The van der Waals surface area contributed by atoms with Gasteiger partial charge in [-0.2, -0.15) is 13.2 Å². The highest BCUT2D eigenvalue weighted by molar-refractivity contribution is 5.69. The summed E-state index contributed by atoms with van der Waals surface area (Å²) in [6.07, 6.45) is 0.703. The predicted molar refractivity (Wildman–Crippen MR) is 89.2 cm³/mol. The summed E-state index contributed by atoms with van der Waals surface area (Å²) in [5.41, 5.74) is 0.413. The molecule has 0 aliphatic rings. The van der Waals surface area contributed by atoms with Gasteiger partial charge in [-0.25, -0.2) is 4.98 Å². The number of imidazole rings is 1. The molecule has 136 valence electrons. The van der Waals surface area contributed by atoms with Crippen LogP contribution in [-0.2, 0) is 0 Å². The molecule has 8 heteroatoms. The fourth-order valence-electron chi connectivity index (χ4n) is 2.84. The molecule has 26 heavy (non-hydrogen) atoms. The quantitative estimate of drug-likeness (QED) is 0.684. The van der Waals surface area contributed by atoms with Crippen LogP contribution in [0.1, 0.15) is 11.6 Å². The van der Waals surface area contributed by atoms with Crippen molar-refractivity contribution in [3.63, 3.8) is 0 Å². The summed E-state index contributed by atoms with van der Waals surface area (Å²) in [7, 11) is 2.89. The van der Waals surface area contributed by atoms with Gasteiger partial charge in [0.25, 0.3) is 0 Å². The number of pyridine rings is 1. The fraction of sp³-hybridized carbons (Fsp3) is 0.222. The van der Waals surface area contributed by atoms with Gasteiger partial charge < -0.3 is 14.0 Å². The second-order valence-corrected chi connectivity index (χ2v) is 5.43. The summed E-state index contributed by atoms with van der Waals surface area (Å²) < 4.78 is 53.2. The van der Waals surface area contributed by atoms with Crippen molar-refractivity contribution in [1.29, 1.82) is 0 Å². The van der Waals surface area contributed by atoms with E-state index in [1.54, 1.807) is 18.2 Å². The van der Waals surface area contributed by atoms with Crippen LogP contribution in [0.2, 0.25) is 0 Å². The van der Waals surface area contributed by atoms with E-state index >= 15 is 0 Å². The third-order valence-corrected chi connectivity index (χ3v) is 3.90. The third-order valence-electron chi connectivity index (χ3n) is 3.90. The highest BCUT2D eigenvalue weighted by Gasteiger charge is 2.43. The largest absolute Gasteiger partial charge is 0.493 e. The molecule has 0 radical (unpaired) electrons. The Morgan fingerprint density at radius 2 is 1.85 bits per heavy atom. The number of halogens is 3. The van der Waals surface area contributed by atoms with Crippen molar-refractivity contribution in [3.8, 4) is 22.9 Å². The number of hydrogen-bond acceptors (Lipinski definition) is 4. The molecule has 1 aromatic carbocycles. The Labute approximate surface area is 148 Å². The molecule has 0 spiro atoms. The maximum Gasteiger partial charge on any atom is 0.413 e. The Morgan fingerprint density at radius 3 is 2.46 bits per heavy atom. The second-order valence-electron chi connectivity index (χ2n) is 5.43. The monoisotopic (exact) mass is 363 g/mol. The first-order valence-electron chi connectivity index (χ1n) is 7.68. The number of ether oxygens (including phenoxy) is 2. The van der Waals surface area contributed by atoms with Gasteiger partial charge in [0.05, 0.1) is 19.8 Å². The third kappa shape index (κ3) is 3.22. The maximum absolute atomic E-state index is 13.9. The molecule has 1 atom stereocenters. The molecule has 2 heterocycles. The topological polar surface area (TPSA) is 49.2 Å². The summed E-state index contributed by atoms with van der Waals surface area (Å²) in [5, 5.41) is 0. The summed E-state index contributed by atoms with van der Waals surface area (Å²) in [6.45, 7) is 0. The van der Waals surface area contributed by atoms with Crippen molar-refractivity contribution in [1.82, 2.24) is 14.5 Å². The molecule has 3 rings (SSSR count). The van der Waals surface area contributed by atoms with Gasteiger partial charge in [-0.3, -0.25) is 4.98 Å². The molecule has 2 aromatic heterocycles. The van der Waals surface area contributed by atoms with E-state index in [-0.39, 0.29) is 11.4 Å². The van der Waals surface area contributed by atoms with Crippen molar-refractivity contribution in [2.75, 3.05) is 14.2 Å². The number of methoxy groups -OCH3 is 2. The van der Waals surface area contributed by atoms with Crippen LogP contribution in [0, 0.1) is 0 Å². The molecule has 0 amide bonds. The van der Waals surface area contributed by atoms with Crippen LogP contribution in [0.5, 0.6) is 11.5 Å². The van der Waals surface area contributed by atoms with E-state index in [0.717, 1.165) is 4.57 Å². The fourth-order valence-corrected chi connectivity index (χ4v) is 2.84. The molecular weight excluding hydrogens is 347 g/mol. The maximum atomic E-state index is 13.9. The molecule has 0 N–H and O–H groups in total. The van der Waals surface area contributed by atoms with E-state index in [0.29, 0.717) is 17.1 Å². The number of alkyl halides is 3. The van der Waals surface area contributed by atoms with E-state index < -0.39 is 12.2 Å². The van der Waals surface area contributed by atoms with E-state index in [9.17, 15) is 13.2 Å². The molecule has 0 aliphatic heterocycles. The normalized spacial score (nSPS) is 12.7. The number of nitrogens with zero attached hydrogens (tertiary/aromatic N) is 3. The van der Waals surface area contributed by atoms with Crippen LogP contribution in [0.3, 0.4) is 0 Å². The van der Waals surface area contributed by atoms with Crippen molar-refractivity contribution < 1.29 is 22.6 Å². The molecule has 1 unspecified atom stereocenters. The second kappa shape index (κ2) is 7.07. The molecule has 3 aromatic rings. The minimum absolute atomic E-state index is 0.0149. The van der Waals surface area contributed by atoms with Crippen molar-refractivity contribution >= 4 is 0 Å². The Balaban J connectivity index is 2.19. The Bertz CT molecular complexity index is 879. The predicted octanol–water partition coefficient (Wildman–Crippen LogP) is 4.11. The number of rotatable bonds is 5. The summed E-state index contributed by atoms with van der Waals surface area (Å²) >= 11 is 0. The molecule has 0 saturated carbocycles. The number of benzene rings is 1. The Hall–Kier alpha value is -3.03. The lowest BCUT2D eigenvalue weighted by molar-refractivity contribution is -0.156. The number of para-hydroxylation sites is 1. The van der Waals surface area contributed by atoms with Crippen molar-refractivity contribution in [3.05, 3.63) is 60.7 Å². The van der Waals surface area contributed by atoms with Crippen LogP contribution in [0.4, 0.5) is 13.2 Å². The first-order valence-corrected chi connectivity index (χ1v) is 7.68. The van der Waals surface area contributed by atoms with Gasteiger partial charge in [0, 0.05) is 30.4 Å². The molecule has 0 bridgehead atoms. The average molecular weight is 363 g/mol. The number of aromatic nitrogens is 3. The standard InChI is InChI=1S/C18H16F3N3O2/c1-25-14-7-3-6-13(15(14)26-2)17-23-9-10-24(17)16(18(19,20)21)12-5-4-8-22-11-12/h3-11,16H,1-2H3. The van der Waals surface area contributed by atoms with Crippen LogP contribution < -0.4 is 9.47 Å². The zero-order chi connectivity index (χ0) is 18.7. The smallest absolute Gasteiger partial charge is 0.413 e. The minimum Gasteiger partial charge on any atom is -0.493 e. The Morgan fingerprint density at radius 1 is 1.04 bits per heavy atom. The Kier molecular flexibility index (Phi) is 4.83. The molecular formula is C18H16F3N3O2. The van der Waals surface area contributed by atoms with E-state index in [1.165, 1.54) is 51.1 Å². The van der Waals surface area contributed by atoms with Crippen LogP contribution >= 0.6 is 0 Å². The number of hydrogen-bond donors (Lipinski definition) is 0. The highest BCUT2D eigenvalue weighted by Crippen LogP contribution is 2.42. The lowest BCUT2D eigenvalue weighted by Crippen LogP contribution is -2.28. The molecule has 0 fully saturated rings. The van der Waals surface area contributed by atoms with Crippen LogP contribution in [0.25, 0.3) is 11.4 Å². The van der Waals surface area contributed by atoms with Crippen LogP contribution in [0.15, 0.2) is 55.1 Å². The summed E-state index contributed by atoms with van der Waals surface area (Å²) in [6, 6.07) is 5.90. The van der Waals surface area contributed by atoms with Gasteiger partial charge >= 0.3 is 6.18 Å². The van der Waals surface area contributed by atoms with E-state index in [1.807, 2.05) is 0 Å². The van der Waals surface area contributed by atoms with Crippen LogP contribution in [-0.4, -0.2) is 34.9 Å². The van der Waals surface area contributed by atoms with Crippen molar-refractivity contribution in [2.24, 2.45) is 0 Å². The SMILES string of the molecule is COc1cccc(-c2nccn2C(c2cccnc2)C(F)(F)F)c1OC. The first kappa shape index (κ1) is 17.8. The molecule has 0 saturated heterocycles. The van der Waals surface area contributed by atoms with Gasteiger partial charge in [0.2, 0.25) is 0 Å². The molecule has 0 aliphatic carbocycles. The van der Waals surface area contributed by atoms with Gasteiger partial charge in [0.1, 0.15) is 5.82 Å². The zero-order valence-electron chi connectivity index (χ0n) is 14.1. The first-order chi connectivity index (χ1) is 12.5. The van der Waals surface area contributed by atoms with Gasteiger partial charge in [0.15, 0.2) is 17.5 Å². The average Bonchev–Trinajstić information content (AvgIpc) is 3.09. The van der Waals surface area contributed by atoms with Gasteiger partial charge in [-0.15, -0.1) is 0 Å².